The lowest BCUT2D eigenvalue weighted by Gasteiger charge is -2.35. The number of nitrogens with zero attached hydrogens (tertiary/aromatic N) is 4. The molecule has 0 saturated carbocycles. The smallest absolute Gasteiger partial charge is 0.254 e. The van der Waals surface area contributed by atoms with E-state index in [1.807, 2.05) is 37.2 Å². The average Bonchev–Trinajstić information content (AvgIpc) is 3.00. The maximum Gasteiger partial charge on any atom is 0.254 e. The van der Waals surface area contributed by atoms with Gasteiger partial charge in [0, 0.05) is 39.1 Å². The second-order valence-electron chi connectivity index (χ2n) is 7.43. The summed E-state index contributed by atoms with van der Waals surface area (Å²) in [5, 5.41) is 3.98. The number of para-hydroxylation sites is 1. The summed E-state index contributed by atoms with van der Waals surface area (Å²) in [7, 11) is 5.46. The van der Waals surface area contributed by atoms with E-state index in [0.717, 1.165) is 54.8 Å². The number of nitrogens with one attached hydrogen (secondary N) is 1. The quantitative estimate of drug-likeness (QED) is 0.893. The van der Waals surface area contributed by atoms with Gasteiger partial charge in [-0.15, -0.1) is 0 Å². The molecule has 1 saturated heterocycles. The average molecular weight is 367 g/mol. The Morgan fingerprint density at radius 2 is 2.00 bits per heavy atom. The van der Waals surface area contributed by atoms with Crippen molar-refractivity contribution in [3.8, 4) is 5.75 Å². The van der Waals surface area contributed by atoms with Crippen molar-refractivity contribution in [1.29, 1.82) is 0 Å². The second-order valence-corrected chi connectivity index (χ2v) is 7.43. The van der Waals surface area contributed by atoms with Gasteiger partial charge in [0.25, 0.3) is 5.91 Å². The summed E-state index contributed by atoms with van der Waals surface area (Å²) in [4.78, 5) is 26.1. The van der Waals surface area contributed by atoms with Gasteiger partial charge in [0.05, 0.1) is 12.8 Å². The summed E-state index contributed by atoms with van der Waals surface area (Å²) < 4.78 is 5.44. The third-order valence-corrected chi connectivity index (χ3v) is 5.42. The van der Waals surface area contributed by atoms with Crippen LogP contribution in [0.2, 0.25) is 0 Å². The van der Waals surface area contributed by atoms with Gasteiger partial charge in [0.2, 0.25) is 5.96 Å². The number of guanidine groups is 1. The summed E-state index contributed by atoms with van der Waals surface area (Å²) >= 11 is 0. The van der Waals surface area contributed by atoms with Gasteiger partial charge in [-0.1, -0.05) is 18.2 Å². The van der Waals surface area contributed by atoms with Crippen molar-refractivity contribution < 1.29 is 9.53 Å². The zero-order valence-corrected chi connectivity index (χ0v) is 16.0. The van der Waals surface area contributed by atoms with E-state index >= 15 is 0 Å². The van der Waals surface area contributed by atoms with Crippen molar-refractivity contribution in [2.24, 2.45) is 4.99 Å². The fourth-order valence-electron chi connectivity index (χ4n) is 3.77. The van der Waals surface area contributed by atoms with E-state index < -0.39 is 5.54 Å². The first-order valence-corrected chi connectivity index (χ1v) is 9.24. The van der Waals surface area contributed by atoms with Gasteiger partial charge in [0.15, 0.2) is 0 Å². The number of aromatic nitrogens is 1. The number of rotatable bonds is 3. The van der Waals surface area contributed by atoms with E-state index in [4.69, 9.17) is 9.72 Å². The normalized spacial score (nSPS) is 19.2. The fourth-order valence-corrected chi connectivity index (χ4v) is 3.77. The highest BCUT2D eigenvalue weighted by Gasteiger charge is 2.46. The lowest BCUT2D eigenvalue weighted by atomic mass is 9.88. The number of likely N-dealkylation sites (tertiary alicyclic amines) is 1. The first kappa shape index (κ1) is 17.7. The van der Waals surface area contributed by atoms with Gasteiger partial charge < -0.3 is 9.64 Å². The predicted molar refractivity (Wildman–Crippen MR) is 105 cm³/mol. The van der Waals surface area contributed by atoms with Crippen LogP contribution in [0.5, 0.6) is 5.75 Å². The number of piperidine rings is 1. The molecule has 1 amide bonds. The van der Waals surface area contributed by atoms with Crippen LogP contribution >= 0.6 is 0 Å². The second kappa shape index (κ2) is 6.81. The molecular weight excluding hydrogens is 342 g/mol. The Morgan fingerprint density at radius 1 is 1.22 bits per heavy atom. The maximum absolute atomic E-state index is 12.5. The molecule has 0 radical (unpaired) electrons. The van der Waals surface area contributed by atoms with Crippen LogP contribution in [-0.4, -0.2) is 66.5 Å². The van der Waals surface area contributed by atoms with E-state index in [9.17, 15) is 4.79 Å². The molecule has 2 aliphatic heterocycles. The lowest BCUT2D eigenvalue weighted by Crippen LogP contribution is -2.49. The number of hydrogen-bond donors (Lipinski definition) is 1. The number of amides is 1. The number of carbonyl (C=O) groups is 1. The Labute approximate surface area is 159 Å². The van der Waals surface area contributed by atoms with Gasteiger partial charge in [0.1, 0.15) is 16.8 Å². The zero-order valence-electron chi connectivity index (χ0n) is 16.0. The minimum absolute atomic E-state index is 0.0272. The molecule has 7 nitrogen and oxygen atoms in total. The largest absolute Gasteiger partial charge is 0.494 e. The van der Waals surface area contributed by atoms with Gasteiger partial charge in [-0.2, -0.15) is 0 Å². The summed E-state index contributed by atoms with van der Waals surface area (Å²) in [5.41, 5.74) is 1.30. The Kier molecular flexibility index (Phi) is 4.47. The van der Waals surface area contributed by atoms with Crippen molar-refractivity contribution in [2.45, 2.75) is 24.9 Å². The Morgan fingerprint density at radius 3 is 2.67 bits per heavy atom. The molecule has 1 aromatic heterocycles. The van der Waals surface area contributed by atoms with Crippen molar-refractivity contribution >= 4 is 22.8 Å². The molecule has 142 valence electrons. The van der Waals surface area contributed by atoms with Crippen molar-refractivity contribution in [1.82, 2.24) is 20.1 Å². The number of methoxy groups -OCH3 is 1. The molecule has 1 fully saturated rings. The first-order chi connectivity index (χ1) is 13.0. The van der Waals surface area contributed by atoms with Crippen molar-refractivity contribution in [2.75, 3.05) is 34.3 Å². The van der Waals surface area contributed by atoms with Crippen LogP contribution in [0.15, 0.2) is 35.3 Å². The molecule has 4 rings (SSSR count). The fraction of sp³-hybridized carbons (Fsp3) is 0.450. The molecular formula is C20H25N5O2. The van der Waals surface area contributed by atoms with Crippen molar-refractivity contribution in [3.05, 3.63) is 36.0 Å². The summed E-state index contributed by atoms with van der Waals surface area (Å²) in [6.07, 6.45) is 1.46. The number of aliphatic imine (C=N–C) groups is 1. The molecule has 2 aromatic rings. The SMILES string of the molecule is COc1cccc2ccc(CN3CCC4(CC3)N=C(N(C)C)NC4=O)nc12. The van der Waals surface area contributed by atoms with Crippen LogP contribution in [0.4, 0.5) is 0 Å². The summed E-state index contributed by atoms with van der Waals surface area (Å²) in [5.74, 6) is 1.48. The highest BCUT2D eigenvalue weighted by atomic mass is 16.5. The minimum atomic E-state index is -0.601. The number of fused-ring (bicyclic) bond motifs is 1. The lowest BCUT2D eigenvalue weighted by molar-refractivity contribution is -0.125. The topological polar surface area (TPSA) is 70.1 Å². The molecule has 7 heteroatoms. The zero-order chi connectivity index (χ0) is 19.0. The molecule has 0 bridgehead atoms. The van der Waals surface area contributed by atoms with Crippen LogP contribution in [0, 0.1) is 0 Å². The minimum Gasteiger partial charge on any atom is -0.494 e. The van der Waals surface area contributed by atoms with Crippen LogP contribution in [0.3, 0.4) is 0 Å². The standard InChI is InChI=1S/C20H25N5O2/c1-24(2)19-22-18(26)20(23-19)9-11-25(12-10-20)13-15-8-7-14-5-4-6-16(27-3)17(14)21-15/h4-8H,9-13H2,1-3H3,(H,22,23,26). The van der Waals surface area contributed by atoms with Crippen LogP contribution < -0.4 is 10.1 Å². The Balaban J connectivity index is 1.47. The highest BCUT2D eigenvalue weighted by Crippen LogP contribution is 2.31. The highest BCUT2D eigenvalue weighted by molar-refractivity contribution is 6.07. The summed E-state index contributed by atoms with van der Waals surface area (Å²) in [6, 6.07) is 10.1. The molecule has 0 unspecified atom stereocenters. The molecule has 0 atom stereocenters. The molecule has 1 N–H and O–H groups in total. The van der Waals surface area contributed by atoms with Crippen LogP contribution in [-0.2, 0) is 11.3 Å². The van der Waals surface area contributed by atoms with Gasteiger partial charge in [-0.05, 0) is 25.0 Å². The van der Waals surface area contributed by atoms with E-state index in [2.05, 4.69) is 27.3 Å². The van der Waals surface area contributed by atoms with Crippen LogP contribution in [0.1, 0.15) is 18.5 Å². The molecule has 2 aliphatic rings. The first-order valence-electron chi connectivity index (χ1n) is 9.24. The number of carbonyl (C=O) groups excluding carboxylic acids is 1. The maximum atomic E-state index is 12.5. The van der Waals surface area contributed by atoms with E-state index in [1.165, 1.54) is 0 Å². The van der Waals surface area contributed by atoms with E-state index in [1.54, 1.807) is 7.11 Å². The summed E-state index contributed by atoms with van der Waals surface area (Å²) in [6.45, 7) is 2.41. The monoisotopic (exact) mass is 367 g/mol. The van der Waals surface area contributed by atoms with E-state index in [-0.39, 0.29) is 5.91 Å². The van der Waals surface area contributed by atoms with E-state index in [0.29, 0.717) is 5.96 Å². The number of hydrogen-bond acceptors (Lipinski definition) is 6. The Hall–Kier alpha value is -2.67. The molecule has 0 aliphatic carbocycles. The van der Waals surface area contributed by atoms with Crippen molar-refractivity contribution in [3.63, 3.8) is 0 Å². The number of benzene rings is 1. The molecule has 1 spiro atoms. The number of pyridine rings is 1. The van der Waals surface area contributed by atoms with Gasteiger partial charge in [-0.3, -0.25) is 15.0 Å². The third kappa shape index (κ3) is 3.23. The predicted octanol–water partition coefficient (Wildman–Crippen LogP) is 1.63. The van der Waals surface area contributed by atoms with Crippen LogP contribution in [0.25, 0.3) is 10.9 Å². The third-order valence-electron chi connectivity index (χ3n) is 5.42. The molecule has 1 aromatic carbocycles. The van der Waals surface area contributed by atoms with Gasteiger partial charge >= 0.3 is 0 Å². The molecule has 3 heterocycles. The molecule has 27 heavy (non-hydrogen) atoms. The Bertz CT molecular complexity index is 900. The number of ether oxygens (including phenoxy) is 1. The van der Waals surface area contributed by atoms with Gasteiger partial charge in [-0.25, -0.2) is 9.98 Å².